The molecule has 0 bridgehead atoms. The normalized spacial score (nSPS) is 11.5. The number of aromatic nitrogens is 4. The van der Waals surface area contributed by atoms with Crippen LogP contribution in [0.1, 0.15) is 0 Å². The zero-order valence-corrected chi connectivity index (χ0v) is 24.7. The summed E-state index contributed by atoms with van der Waals surface area (Å²) in [7, 11) is 0. The van der Waals surface area contributed by atoms with Gasteiger partial charge in [0.25, 0.3) is 0 Å². The molecule has 0 unspecified atom stereocenters. The van der Waals surface area contributed by atoms with Gasteiger partial charge in [-0.2, -0.15) is 0 Å². The van der Waals surface area contributed by atoms with Crippen LogP contribution in [0.2, 0.25) is 0 Å². The Kier molecular flexibility index (Phi) is 6.06. The summed E-state index contributed by atoms with van der Waals surface area (Å²) in [4.78, 5) is 15.1. The van der Waals surface area contributed by atoms with Crippen molar-refractivity contribution < 1.29 is 4.42 Å². The molecule has 0 aliphatic heterocycles. The molecule has 3 heterocycles. The van der Waals surface area contributed by atoms with E-state index in [1.54, 1.807) is 0 Å². The average Bonchev–Trinajstić information content (AvgIpc) is 3.71. The fourth-order valence-electron chi connectivity index (χ4n) is 6.22. The quantitative estimate of drug-likeness (QED) is 0.200. The lowest BCUT2D eigenvalue weighted by Gasteiger charge is -2.11. The summed E-state index contributed by atoms with van der Waals surface area (Å²) in [6.07, 6.45) is 0. The van der Waals surface area contributed by atoms with E-state index in [1.807, 2.05) is 48.5 Å². The number of rotatable bonds is 5. The van der Waals surface area contributed by atoms with Crippen LogP contribution < -0.4 is 0 Å². The van der Waals surface area contributed by atoms with Gasteiger partial charge in [-0.05, 0) is 53.6 Å². The first kappa shape index (κ1) is 26.1. The van der Waals surface area contributed by atoms with Crippen molar-refractivity contribution in [2.24, 2.45) is 0 Å². The Morgan fingerprint density at radius 3 is 2.00 bits per heavy atom. The van der Waals surface area contributed by atoms with Crippen molar-refractivity contribution in [1.29, 1.82) is 0 Å². The molecule has 0 amide bonds. The molecule has 0 atom stereocenters. The summed E-state index contributed by atoms with van der Waals surface area (Å²) in [5.74, 6) is 1.57. The van der Waals surface area contributed by atoms with Gasteiger partial charge in [-0.3, -0.25) is 4.57 Å². The second-order valence-corrected chi connectivity index (χ2v) is 11.3. The van der Waals surface area contributed by atoms with Gasteiger partial charge < -0.3 is 4.42 Å². The molecule has 0 saturated heterocycles. The first-order valence-corrected chi connectivity index (χ1v) is 15.3. The van der Waals surface area contributed by atoms with Gasteiger partial charge in [0.1, 0.15) is 22.6 Å². The Hall–Kier alpha value is -6.33. The fourth-order valence-corrected chi connectivity index (χ4v) is 6.22. The van der Waals surface area contributed by atoms with Gasteiger partial charge in [0.05, 0.1) is 11.0 Å². The monoisotopic (exact) mass is 590 g/mol. The Morgan fingerprint density at radius 2 is 1.15 bits per heavy atom. The highest BCUT2D eigenvalue weighted by Crippen LogP contribution is 2.36. The number of benzene rings is 6. The van der Waals surface area contributed by atoms with Crippen LogP contribution in [0.5, 0.6) is 0 Å². The number of hydrogen-bond acceptors (Lipinski definition) is 4. The van der Waals surface area contributed by atoms with E-state index in [0.29, 0.717) is 11.4 Å². The SMILES string of the molecule is c1ccc(-c2nc(-c3cccc(-c4ccc(-c5nc6ccccc6n5-c5ccccc5)cc4)c3)nc3c2oc2ccccc23)cc1. The smallest absolute Gasteiger partial charge is 0.180 e. The van der Waals surface area contributed by atoms with Gasteiger partial charge >= 0.3 is 0 Å². The van der Waals surface area contributed by atoms with Gasteiger partial charge in [0.2, 0.25) is 0 Å². The van der Waals surface area contributed by atoms with E-state index in [4.69, 9.17) is 19.4 Å². The summed E-state index contributed by atoms with van der Waals surface area (Å²) in [6, 6.07) is 53.9. The molecular formula is C41H26N4O. The highest BCUT2D eigenvalue weighted by molar-refractivity contribution is 6.07. The molecule has 9 aromatic rings. The summed E-state index contributed by atoms with van der Waals surface area (Å²) < 4.78 is 8.52. The predicted molar refractivity (Wildman–Crippen MR) is 186 cm³/mol. The highest BCUT2D eigenvalue weighted by Gasteiger charge is 2.18. The average molecular weight is 591 g/mol. The molecule has 0 spiro atoms. The number of imidazole rings is 1. The lowest BCUT2D eigenvalue weighted by atomic mass is 10.0. The number of hydrogen-bond donors (Lipinski definition) is 0. The Morgan fingerprint density at radius 1 is 0.478 bits per heavy atom. The molecule has 0 N–H and O–H groups in total. The van der Waals surface area contributed by atoms with E-state index in [1.165, 1.54) is 0 Å². The van der Waals surface area contributed by atoms with Crippen molar-refractivity contribution in [3.8, 4) is 50.8 Å². The molecule has 5 nitrogen and oxygen atoms in total. The number of nitrogens with zero attached hydrogens (tertiary/aromatic N) is 4. The first-order chi connectivity index (χ1) is 22.8. The van der Waals surface area contributed by atoms with Crippen LogP contribution in [0.3, 0.4) is 0 Å². The zero-order chi connectivity index (χ0) is 30.5. The van der Waals surface area contributed by atoms with E-state index >= 15 is 0 Å². The summed E-state index contributed by atoms with van der Waals surface area (Å²) in [6.45, 7) is 0. The maximum Gasteiger partial charge on any atom is 0.180 e. The van der Waals surface area contributed by atoms with Gasteiger partial charge in [-0.25, -0.2) is 15.0 Å². The molecular weight excluding hydrogens is 564 g/mol. The fraction of sp³-hybridized carbons (Fsp3) is 0. The van der Waals surface area contributed by atoms with Crippen molar-refractivity contribution in [1.82, 2.24) is 19.5 Å². The first-order valence-electron chi connectivity index (χ1n) is 15.3. The lowest BCUT2D eigenvalue weighted by Crippen LogP contribution is -1.97. The second-order valence-electron chi connectivity index (χ2n) is 11.3. The minimum Gasteiger partial charge on any atom is -0.452 e. The van der Waals surface area contributed by atoms with Gasteiger partial charge in [-0.1, -0.05) is 115 Å². The maximum absolute atomic E-state index is 6.29. The van der Waals surface area contributed by atoms with Crippen LogP contribution in [0, 0.1) is 0 Å². The topological polar surface area (TPSA) is 56.7 Å². The molecule has 3 aromatic heterocycles. The van der Waals surface area contributed by atoms with E-state index in [9.17, 15) is 0 Å². The third kappa shape index (κ3) is 4.37. The summed E-state index contributed by atoms with van der Waals surface area (Å²) >= 11 is 0. The van der Waals surface area contributed by atoms with Crippen molar-refractivity contribution in [2.75, 3.05) is 0 Å². The minimum absolute atomic E-state index is 0.660. The van der Waals surface area contributed by atoms with Crippen molar-refractivity contribution in [3.05, 3.63) is 158 Å². The summed E-state index contributed by atoms with van der Waals surface area (Å²) in [5.41, 5.74) is 11.4. The largest absolute Gasteiger partial charge is 0.452 e. The van der Waals surface area contributed by atoms with E-state index in [-0.39, 0.29) is 0 Å². The van der Waals surface area contributed by atoms with E-state index in [2.05, 4.69) is 114 Å². The Labute approximate surface area is 265 Å². The molecule has 216 valence electrons. The lowest BCUT2D eigenvalue weighted by molar-refractivity contribution is 0.667. The van der Waals surface area contributed by atoms with Crippen LogP contribution in [0.4, 0.5) is 0 Å². The molecule has 0 fully saturated rings. The van der Waals surface area contributed by atoms with Crippen LogP contribution in [0.25, 0.3) is 83.9 Å². The van der Waals surface area contributed by atoms with Crippen LogP contribution in [-0.2, 0) is 0 Å². The summed E-state index contributed by atoms with van der Waals surface area (Å²) in [5, 5.41) is 0.978. The third-order valence-corrected chi connectivity index (χ3v) is 8.44. The highest BCUT2D eigenvalue weighted by atomic mass is 16.3. The Bertz CT molecular complexity index is 2510. The van der Waals surface area contributed by atoms with E-state index < -0.39 is 0 Å². The molecule has 0 saturated carbocycles. The van der Waals surface area contributed by atoms with Crippen molar-refractivity contribution in [3.63, 3.8) is 0 Å². The number of para-hydroxylation sites is 4. The number of fused-ring (bicyclic) bond motifs is 4. The molecule has 5 heteroatoms. The molecule has 0 radical (unpaired) electrons. The van der Waals surface area contributed by atoms with Crippen LogP contribution in [0.15, 0.2) is 162 Å². The second kappa shape index (κ2) is 10.7. The molecule has 9 rings (SSSR count). The maximum atomic E-state index is 6.29. The minimum atomic E-state index is 0.660. The predicted octanol–water partition coefficient (Wildman–Crippen LogP) is 10.4. The van der Waals surface area contributed by atoms with Gasteiger partial charge in [0.15, 0.2) is 11.4 Å². The molecule has 0 aliphatic rings. The number of furan rings is 1. The standard InChI is InChI=1S/C41H26N4O/c1-3-12-28(13-4-1)37-39-38(33-18-7-10-21-36(33)46-39)44-40(43-37)31-15-11-14-30(26-31)27-22-24-29(25-23-27)41-42-34-19-8-9-20-35(34)45(41)32-16-5-2-6-17-32/h1-26H. The van der Waals surface area contributed by atoms with Gasteiger partial charge in [-0.15, -0.1) is 0 Å². The molecule has 46 heavy (non-hydrogen) atoms. The third-order valence-electron chi connectivity index (χ3n) is 8.44. The van der Waals surface area contributed by atoms with Gasteiger partial charge in [0, 0.05) is 27.8 Å². The zero-order valence-electron chi connectivity index (χ0n) is 24.7. The van der Waals surface area contributed by atoms with Crippen molar-refractivity contribution >= 4 is 33.1 Å². The van der Waals surface area contributed by atoms with E-state index in [0.717, 1.165) is 72.5 Å². The Balaban J connectivity index is 1.13. The van der Waals surface area contributed by atoms with Crippen molar-refractivity contribution in [2.45, 2.75) is 0 Å². The van der Waals surface area contributed by atoms with Crippen LogP contribution in [-0.4, -0.2) is 19.5 Å². The molecule has 6 aromatic carbocycles. The molecule has 0 aliphatic carbocycles. The van der Waals surface area contributed by atoms with Crippen LogP contribution >= 0.6 is 0 Å².